The van der Waals surface area contributed by atoms with Crippen LogP contribution in [0.2, 0.25) is 5.02 Å². The fourth-order valence-electron chi connectivity index (χ4n) is 3.39. The Bertz CT molecular complexity index is 964. The van der Waals surface area contributed by atoms with Crippen LogP contribution in [0.3, 0.4) is 0 Å². The number of hydrogen-bond donors (Lipinski definition) is 2. The van der Waals surface area contributed by atoms with Gasteiger partial charge in [-0.1, -0.05) is 11.6 Å². The molecule has 0 unspecified atom stereocenters. The van der Waals surface area contributed by atoms with Crippen LogP contribution in [0.25, 0.3) is 0 Å². The molecule has 3 rings (SSSR count). The van der Waals surface area contributed by atoms with Crippen LogP contribution >= 0.6 is 23.4 Å². The molecule has 1 aromatic rings. The van der Waals surface area contributed by atoms with E-state index in [4.69, 9.17) is 16.3 Å². The van der Waals surface area contributed by atoms with Crippen LogP contribution in [-0.4, -0.2) is 62.1 Å². The van der Waals surface area contributed by atoms with Crippen LogP contribution in [0.5, 0.6) is 0 Å². The van der Waals surface area contributed by atoms with Crippen molar-refractivity contribution in [2.45, 2.75) is 49.5 Å². The Morgan fingerprint density at radius 3 is 2.63 bits per heavy atom. The molecule has 12 heteroatoms. The molecule has 0 bridgehead atoms. The quantitative estimate of drug-likeness (QED) is 0.341. The van der Waals surface area contributed by atoms with Gasteiger partial charge in [-0.2, -0.15) is 0 Å². The third kappa shape index (κ3) is 4.31. The average molecular weight is 457 g/mol. The van der Waals surface area contributed by atoms with E-state index in [1.165, 1.54) is 46.6 Å². The third-order valence-corrected chi connectivity index (χ3v) is 6.63. The number of amides is 3. The highest BCUT2D eigenvalue weighted by atomic mass is 35.5. The van der Waals surface area contributed by atoms with Crippen molar-refractivity contribution >= 4 is 47.1 Å². The molecule has 2 fully saturated rings. The molecule has 0 saturated carbocycles. The normalized spacial score (nSPS) is 23.9. The van der Waals surface area contributed by atoms with E-state index in [1.54, 1.807) is 0 Å². The van der Waals surface area contributed by atoms with Gasteiger partial charge in [0.1, 0.15) is 29.0 Å². The van der Waals surface area contributed by atoms with Crippen molar-refractivity contribution in [3.8, 4) is 0 Å². The number of halogens is 1. The number of fused-ring (bicyclic) bond motifs is 1. The highest BCUT2D eigenvalue weighted by Gasteiger charge is 2.64. The number of aromatic nitrogens is 1. The van der Waals surface area contributed by atoms with Crippen molar-refractivity contribution in [1.29, 1.82) is 0 Å². The molecule has 162 valence electrons. The zero-order valence-electron chi connectivity index (χ0n) is 16.5. The predicted molar refractivity (Wildman–Crippen MR) is 109 cm³/mol. The lowest BCUT2D eigenvalue weighted by molar-refractivity contribution is -0.165. The molecule has 2 N–H and O–H groups in total. The Kier molecular flexibility index (Phi) is 6.14. The summed E-state index contributed by atoms with van der Waals surface area (Å²) in [5, 5.41) is 4.62. The molecule has 30 heavy (non-hydrogen) atoms. The van der Waals surface area contributed by atoms with Crippen molar-refractivity contribution in [2.75, 3.05) is 6.73 Å². The first-order valence-electron chi connectivity index (χ1n) is 9.07. The number of rotatable bonds is 6. The number of carbonyl (C=O) groups is 4. The number of thioether (sulfide) groups is 1. The Morgan fingerprint density at radius 1 is 1.30 bits per heavy atom. The van der Waals surface area contributed by atoms with Crippen LogP contribution in [0.4, 0.5) is 0 Å². The van der Waals surface area contributed by atoms with Gasteiger partial charge in [0.2, 0.25) is 17.7 Å². The van der Waals surface area contributed by atoms with Crippen molar-refractivity contribution in [3.63, 3.8) is 0 Å². The summed E-state index contributed by atoms with van der Waals surface area (Å²) < 4.78 is 5.88. The Balaban J connectivity index is 1.62. The van der Waals surface area contributed by atoms with Gasteiger partial charge in [0.05, 0.1) is 0 Å². The van der Waals surface area contributed by atoms with Crippen LogP contribution in [0, 0.1) is 0 Å². The first-order valence-corrected chi connectivity index (χ1v) is 10.3. The molecule has 3 amide bonds. The van der Waals surface area contributed by atoms with Crippen molar-refractivity contribution in [3.05, 3.63) is 33.7 Å². The van der Waals surface area contributed by atoms with E-state index in [0.717, 1.165) is 0 Å². The maximum atomic E-state index is 12.7. The summed E-state index contributed by atoms with van der Waals surface area (Å²) >= 11 is 7.16. The summed E-state index contributed by atoms with van der Waals surface area (Å²) in [6.07, 6.45) is 2.77. The lowest BCUT2D eigenvalue weighted by atomic mass is 9.96. The van der Waals surface area contributed by atoms with Gasteiger partial charge in [-0.15, -0.1) is 11.8 Å². The number of pyridine rings is 1. The van der Waals surface area contributed by atoms with Gasteiger partial charge in [0, 0.05) is 30.1 Å². The third-order valence-electron chi connectivity index (χ3n) is 4.77. The number of β-lactam (4-membered cyclic amide) rings is 1. The molecule has 2 aliphatic heterocycles. The van der Waals surface area contributed by atoms with Gasteiger partial charge in [-0.05, 0) is 13.8 Å². The van der Waals surface area contributed by atoms with E-state index in [9.17, 15) is 24.0 Å². The minimum Gasteiger partial charge on any atom is -0.443 e. The summed E-state index contributed by atoms with van der Waals surface area (Å²) in [5.74, 6) is -1.77. The summed E-state index contributed by atoms with van der Waals surface area (Å²) in [5.41, 5.74) is -0.348. The number of esters is 1. The second-order valence-corrected chi connectivity index (χ2v) is 9.65. The summed E-state index contributed by atoms with van der Waals surface area (Å²) in [6, 6.07) is -0.359. The van der Waals surface area contributed by atoms with Crippen molar-refractivity contribution < 1.29 is 23.9 Å². The molecule has 0 aromatic carbocycles. The van der Waals surface area contributed by atoms with Crippen molar-refractivity contribution in [1.82, 2.24) is 20.1 Å². The smallest absolute Gasteiger partial charge is 0.332 e. The number of carbonyl (C=O) groups excluding carboxylic acids is 4. The highest BCUT2D eigenvalue weighted by molar-refractivity contribution is 8.01. The van der Waals surface area contributed by atoms with Gasteiger partial charge >= 0.3 is 5.97 Å². The van der Waals surface area contributed by atoms with E-state index in [0.29, 0.717) is 0 Å². The number of hydrogen-bond acceptors (Lipinski definition) is 7. The number of nitrogens with zero attached hydrogens (tertiary/aromatic N) is 2. The highest BCUT2D eigenvalue weighted by Crippen LogP contribution is 2.51. The standard InChI is InChI=1S/C18H21ClN4O6S/c1-9(24)20-8-29-17(28)14-18(2,3)30-16-13(15(27)23(14)16)21-12(26)7-22-5-4-11(25)10(19)6-22/h4-6,13-14,16H,7-8H2,1-3H3,(H,20,24)(H,21,26)/t13-,14+,16-/m1/s1. The second kappa shape index (κ2) is 8.31. The fourth-order valence-corrected chi connectivity index (χ4v) is 5.20. The molecule has 2 aliphatic rings. The van der Waals surface area contributed by atoms with E-state index in [-0.39, 0.29) is 35.5 Å². The summed E-state index contributed by atoms with van der Waals surface area (Å²) in [6.45, 7) is 4.53. The Morgan fingerprint density at radius 2 is 2.00 bits per heavy atom. The largest absolute Gasteiger partial charge is 0.443 e. The van der Waals surface area contributed by atoms with E-state index in [1.807, 2.05) is 13.8 Å². The molecule has 0 radical (unpaired) electrons. The van der Waals surface area contributed by atoms with Crippen molar-refractivity contribution in [2.24, 2.45) is 0 Å². The zero-order valence-corrected chi connectivity index (χ0v) is 18.1. The molecular weight excluding hydrogens is 436 g/mol. The molecule has 0 aliphatic carbocycles. The fraction of sp³-hybridized carbons (Fsp3) is 0.500. The SMILES string of the molecule is CC(=O)NCOC(=O)[C@@H]1N2C(=O)[C@@H](NC(=O)Cn3ccc(=O)c(Cl)c3)[C@H]2SC1(C)C. The maximum absolute atomic E-state index is 12.7. The van der Waals surface area contributed by atoms with Gasteiger partial charge in [0.15, 0.2) is 12.2 Å². The predicted octanol–water partition coefficient (Wildman–Crippen LogP) is -0.314. The monoisotopic (exact) mass is 456 g/mol. The molecule has 3 atom stereocenters. The van der Waals surface area contributed by atoms with Crippen LogP contribution in [0.1, 0.15) is 20.8 Å². The molecule has 1 aromatic heterocycles. The van der Waals surface area contributed by atoms with E-state index < -0.39 is 34.1 Å². The van der Waals surface area contributed by atoms with E-state index in [2.05, 4.69) is 10.6 Å². The molecule has 2 saturated heterocycles. The van der Waals surface area contributed by atoms with Gasteiger partial charge in [-0.3, -0.25) is 19.2 Å². The maximum Gasteiger partial charge on any atom is 0.332 e. The first-order chi connectivity index (χ1) is 14.0. The van der Waals surface area contributed by atoms with E-state index >= 15 is 0 Å². The lowest BCUT2D eigenvalue weighted by Gasteiger charge is -2.43. The molecular formula is C18H21ClN4O6S. The first kappa shape index (κ1) is 22.2. The Hall–Kier alpha value is -2.53. The molecule has 3 heterocycles. The van der Waals surface area contributed by atoms with Gasteiger partial charge in [0.25, 0.3) is 0 Å². The molecule has 0 spiro atoms. The van der Waals surface area contributed by atoms with Crippen LogP contribution < -0.4 is 16.1 Å². The zero-order chi connectivity index (χ0) is 22.2. The lowest BCUT2D eigenvalue weighted by Crippen LogP contribution is -2.71. The topological polar surface area (TPSA) is 127 Å². The molecule has 10 nitrogen and oxygen atoms in total. The summed E-state index contributed by atoms with van der Waals surface area (Å²) in [4.78, 5) is 61.2. The number of nitrogens with one attached hydrogen (secondary N) is 2. The van der Waals surface area contributed by atoms with Gasteiger partial charge in [-0.25, -0.2) is 4.79 Å². The minimum absolute atomic E-state index is 0.00934. The van der Waals surface area contributed by atoms with Crippen LogP contribution in [-0.2, 0) is 30.5 Å². The summed E-state index contributed by atoms with van der Waals surface area (Å²) in [7, 11) is 0. The van der Waals surface area contributed by atoms with Gasteiger partial charge < -0.3 is 24.8 Å². The second-order valence-electron chi connectivity index (χ2n) is 7.48. The average Bonchev–Trinajstić information content (AvgIpc) is 2.90. The Labute approximate surface area is 181 Å². The van der Waals surface area contributed by atoms with Crippen LogP contribution in [0.15, 0.2) is 23.3 Å². The minimum atomic E-state index is -0.834. The number of ether oxygens (including phenoxy) is 1.